The molecule has 5 nitrogen and oxygen atoms in total. The number of carbonyl (C=O) groups is 1. The zero-order valence-electron chi connectivity index (χ0n) is 19.9. The monoisotopic (exact) mass is 455 g/mol. The predicted octanol–water partition coefficient (Wildman–Crippen LogP) is 5.13. The third-order valence-corrected chi connectivity index (χ3v) is 8.06. The fourth-order valence-corrected chi connectivity index (χ4v) is 5.82. The molecule has 2 aliphatic heterocycles. The third kappa shape index (κ3) is 3.87. The summed E-state index contributed by atoms with van der Waals surface area (Å²) < 4.78 is 5.48. The standard InChI is InChI=1S/C29H33N3O2/c1-20-4-2-5-23-18-29(31-27(20)23,25-6-3-7-25)28(33)30-26-11-10-22-9-8-21(16-24(22)17-26)19-32-12-14-34-15-13-32/h2,4-5,8-11,16-17,25,31H,3,6-7,12-15,18-19H2,1H3,(H,30,33). The summed E-state index contributed by atoms with van der Waals surface area (Å²) >= 11 is 0. The van der Waals surface area contributed by atoms with Crippen LogP contribution in [0.2, 0.25) is 0 Å². The van der Waals surface area contributed by atoms with Gasteiger partial charge in [0.2, 0.25) is 0 Å². The molecule has 3 aromatic carbocycles. The van der Waals surface area contributed by atoms with Crippen molar-refractivity contribution >= 4 is 28.1 Å². The van der Waals surface area contributed by atoms with E-state index in [1.165, 1.54) is 33.9 Å². The number of amides is 1. The summed E-state index contributed by atoms with van der Waals surface area (Å²) in [5, 5.41) is 9.36. The van der Waals surface area contributed by atoms with Crippen LogP contribution in [0.15, 0.2) is 54.6 Å². The minimum Gasteiger partial charge on any atom is -0.379 e. The summed E-state index contributed by atoms with van der Waals surface area (Å²) in [6.07, 6.45) is 4.18. The van der Waals surface area contributed by atoms with E-state index in [1.54, 1.807) is 0 Å². The SMILES string of the molecule is Cc1cccc2c1NC(C(=O)Nc1ccc3ccc(CN4CCOCC4)cc3c1)(C1CCC1)C2. The highest BCUT2D eigenvalue weighted by molar-refractivity contribution is 6.03. The maximum absolute atomic E-state index is 13.8. The lowest BCUT2D eigenvalue weighted by atomic mass is 9.69. The van der Waals surface area contributed by atoms with E-state index in [-0.39, 0.29) is 5.91 Å². The Morgan fingerprint density at radius 2 is 1.91 bits per heavy atom. The first kappa shape index (κ1) is 21.6. The van der Waals surface area contributed by atoms with Crippen molar-refractivity contribution in [2.24, 2.45) is 5.92 Å². The van der Waals surface area contributed by atoms with Crippen LogP contribution in [0, 0.1) is 12.8 Å². The maximum Gasteiger partial charge on any atom is 0.250 e. The topological polar surface area (TPSA) is 53.6 Å². The highest BCUT2D eigenvalue weighted by Crippen LogP contribution is 2.46. The van der Waals surface area contributed by atoms with Crippen LogP contribution in [-0.2, 0) is 22.5 Å². The number of hydrogen-bond acceptors (Lipinski definition) is 4. The second-order valence-corrected chi connectivity index (χ2v) is 10.2. The summed E-state index contributed by atoms with van der Waals surface area (Å²) in [6.45, 7) is 6.63. The summed E-state index contributed by atoms with van der Waals surface area (Å²) in [7, 11) is 0. The van der Waals surface area contributed by atoms with Crippen LogP contribution in [0.4, 0.5) is 11.4 Å². The molecule has 1 aliphatic carbocycles. The zero-order valence-corrected chi connectivity index (χ0v) is 19.9. The van der Waals surface area contributed by atoms with Crippen LogP contribution >= 0.6 is 0 Å². The molecule has 1 saturated heterocycles. The molecule has 5 heteroatoms. The first-order valence-corrected chi connectivity index (χ1v) is 12.6. The molecule has 0 radical (unpaired) electrons. The lowest BCUT2D eigenvalue weighted by molar-refractivity contribution is -0.123. The van der Waals surface area contributed by atoms with Gasteiger partial charge in [-0.05, 0) is 71.3 Å². The van der Waals surface area contributed by atoms with E-state index < -0.39 is 5.54 Å². The highest BCUT2D eigenvalue weighted by atomic mass is 16.5. The smallest absolute Gasteiger partial charge is 0.250 e. The van der Waals surface area contributed by atoms with Crippen molar-refractivity contribution in [2.75, 3.05) is 36.9 Å². The van der Waals surface area contributed by atoms with E-state index >= 15 is 0 Å². The molecular formula is C29H33N3O2. The number of anilines is 2. The number of carbonyl (C=O) groups excluding carboxylic acids is 1. The number of nitrogens with zero attached hydrogens (tertiary/aromatic N) is 1. The fourth-order valence-electron chi connectivity index (χ4n) is 5.82. The number of nitrogens with one attached hydrogen (secondary N) is 2. The minimum absolute atomic E-state index is 0.0941. The van der Waals surface area contributed by atoms with Gasteiger partial charge in [-0.15, -0.1) is 0 Å². The van der Waals surface area contributed by atoms with Gasteiger partial charge in [-0.2, -0.15) is 0 Å². The lowest BCUT2D eigenvalue weighted by Crippen LogP contribution is -2.56. The number of para-hydroxylation sites is 1. The van der Waals surface area contributed by atoms with Crippen molar-refractivity contribution in [2.45, 2.75) is 44.7 Å². The number of morpholine rings is 1. The molecule has 3 aromatic rings. The molecule has 2 N–H and O–H groups in total. The molecule has 3 aliphatic rings. The van der Waals surface area contributed by atoms with Crippen LogP contribution < -0.4 is 10.6 Å². The molecule has 2 fully saturated rings. The third-order valence-electron chi connectivity index (χ3n) is 8.06. The van der Waals surface area contributed by atoms with Gasteiger partial charge in [-0.1, -0.05) is 42.8 Å². The number of rotatable bonds is 5. The van der Waals surface area contributed by atoms with Gasteiger partial charge in [-0.3, -0.25) is 9.69 Å². The largest absolute Gasteiger partial charge is 0.379 e. The van der Waals surface area contributed by atoms with E-state index in [4.69, 9.17) is 4.74 Å². The molecule has 1 saturated carbocycles. The van der Waals surface area contributed by atoms with Gasteiger partial charge in [0.1, 0.15) is 5.54 Å². The Bertz CT molecular complexity index is 1230. The molecule has 0 bridgehead atoms. The van der Waals surface area contributed by atoms with Crippen molar-refractivity contribution in [3.05, 3.63) is 71.3 Å². The van der Waals surface area contributed by atoms with Crippen molar-refractivity contribution in [3.8, 4) is 0 Å². The number of ether oxygens (including phenoxy) is 1. The maximum atomic E-state index is 13.8. The zero-order chi connectivity index (χ0) is 23.1. The Morgan fingerprint density at radius 3 is 2.68 bits per heavy atom. The lowest BCUT2D eigenvalue weighted by Gasteiger charge is -2.42. The molecule has 1 amide bonds. The normalized spacial score (nSPS) is 22.7. The van der Waals surface area contributed by atoms with E-state index in [0.717, 1.165) is 63.5 Å². The summed E-state index contributed by atoms with van der Waals surface area (Å²) in [5.74, 6) is 0.469. The molecule has 0 spiro atoms. The van der Waals surface area contributed by atoms with Gasteiger partial charge >= 0.3 is 0 Å². The molecule has 1 atom stereocenters. The number of hydrogen-bond donors (Lipinski definition) is 2. The van der Waals surface area contributed by atoms with Crippen molar-refractivity contribution < 1.29 is 9.53 Å². The quantitative estimate of drug-likeness (QED) is 0.560. The Labute approximate surface area is 201 Å². The van der Waals surface area contributed by atoms with Gasteiger partial charge in [0.15, 0.2) is 0 Å². The van der Waals surface area contributed by atoms with Crippen molar-refractivity contribution in [3.63, 3.8) is 0 Å². The van der Waals surface area contributed by atoms with Crippen LogP contribution in [0.5, 0.6) is 0 Å². The number of aryl methyl sites for hydroxylation is 1. The Hall–Kier alpha value is -2.89. The first-order valence-electron chi connectivity index (χ1n) is 12.6. The van der Waals surface area contributed by atoms with Crippen LogP contribution in [-0.4, -0.2) is 42.6 Å². The van der Waals surface area contributed by atoms with Gasteiger partial charge in [0.05, 0.1) is 13.2 Å². The Morgan fingerprint density at radius 1 is 1.09 bits per heavy atom. The number of benzene rings is 3. The summed E-state index contributed by atoms with van der Waals surface area (Å²) in [4.78, 5) is 16.3. The van der Waals surface area contributed by atoms with E-state index in [0.29, 0.717) is 5.92 Å². The van der Waals surface area contributed by atoms with Crippen LogP contribution in [0.1, 0.15) is 36.0 Å². The second-order valence-electron chi connectivity index (χ2n) is 10.2. The molecular weight excluding hydrogens is 422 g/mol. The van der Waals surface area contributed by atoms with Crippen LogP contribution in [0.3, 0.4) is 0 Å². The van der Waals surface area contributed by atoms with E-state index in [2.05, 4.69) is 71.0 Å². The van der Waals surface area contributed by atoms with Gasteiger partial charge in [0, 0.05) is 37.4 Å². The van der Waals surface area contributed by atoms with Crippen LogP contribution in [0.25, 0.3) is 10.8 Å². The van der Waals surface area contributed by atoms with Gasteiger partial charge in [-0.25, -0.2) is 0 Å². The predicted molar refractivity (Wildman–Crippen MR) is 137 cm³/mol. The average molecular weight is 456 g/mol. The number of fused-ring (bicyclic) bond motifs is 2. The minimum atomic E-state index is -0.556. The Balaban J connectivity index is 1.24. The van der Waals surface area contributed by atoms with Gasteiger partial charge in [0.25, 0.3) is 5.91 Å². The fraction of sp³-hybridized carbons (Fsp3) is 0.414. The van der Waals surface area contributed by atoms with Gasteiger partial charge < -0.3 is 15.4 Å². The summed E-state index contributed by atoms with van der Waals surface area (Å²) in [5.41, 5.74) is 5.23. The first-order chi connectivity index (χ1) is 16.6. The molecule has 34 heavy (non-hydrogen) atoms. The van der Waals surface area contributed by atoms with Crippen molar-refractivity contribution in [1.29, 1.82) is 0 Å². The average Bonchev–Trinajstić information content (AvgIpc) is 3.20. The Kier molecular flexibility index (Phi) is 5.54. The van der Waals surface area contributed by atoms with E-state index in [1.807, 2.05) is 6.07 Å². The van der Waals surface area contributed by atoms with E-state index in [9.17, 15) is 4.79 Å². The molecule has 176 valence electrons. The molecule has 6 rings (SSSR count). The van der Waals surface area contributed by atoms with Crippen molar-refractivity contribution in [1.82, 2.24) is 4.90 Å². The molecule has 0 aromatic heterocycles. The molecule has 2 heterocycles. The summed E-state index contributed by atoms with van der Waals surface area (Å²) in [6, 6.07) is 19.3. The highest BCUT2D eigenvalue weighted by Gasteiger charge is 2.51. The molecule has 1 unspecified atom stereocenters. The second kappa shape index (κ2) is 8.71.